The van der Waals surface area contributed by atoms with Crippen molar-refractivity contribution < 1.29 is 8.83 Å². The van der Waals surface area contributed by atoms with Gasteiger partial charge in [0.15, 0.2) is 11.0 Å². The molecule has 0 amide bonds. The van der Waals surface area contributed by atoms with E-state index in [9.17, 15) is 9.59 Å². The molecule has 1 aromatic carbocycles. The molecule has 0 unspecified atom stereocenters. The van der Waals surface area contributed by atoms with Crippen molar-refractivity contribution in [1.29, 1.82) is 0 Å². The smallest absolute Gasteiger partial charge is 0.351 e. The second kappa shape index (κ2) is 3.77. The SMILES string of the molecule is O=c1oc2ccccc2c2oc3ncccc3c(=O)c12. The van der Waals surface area contributed by atoms with E-state index in [4.69, 9.17) is 8.83 Å². The summed E-state index contributed by atoms with van der Waals surface area (Å²) < 4.78 is 10.8. The molecular weight excluding hydrogens is 258 g/mol. The van der Waals surface area contributed by atoms with Crippen LogP contribution in [0.25, 0.3) is 33.0 Å². The van der Waals surface area contributed by atoms with E-state index >= 15 is 0 Å². The number of fused-ring (bicyclic) bond motifs is 4. The van der Waals surface area contributed by atoms with Gasteiger partial charge in [0.1, 0.15) is 5.58 Å². The highest BCUT2D eigenvalue weighted by molar-refractivity contribution is 6.02. The molecule has 20 heavy (non-hydrogen) atoms. The molecule has 0 atom stereocenters. The van der Waals surface area contributed by atoms with Crippen LogP contribution in [0, 0.1) is 0 Å². The third kappa shape index (κ3) is 1.34. The normalized spacial score (nSPS) is 11.4. The molecule has 4 aromatic rings. The minimum absolute atomic E-state index is 0.0794. The number of aromatic nitrogens is 1. The van der Waals surface area contributed by atoms with Crippen molar-refractivity contribution in [2.75, 3.05) is 0 Å². The molecule has 0 aliphatic heterocycles. The standard InChI is InChI=1S/C15H7NO4/c17-12-9-5-3-7-16-14(9)20-13-8-4-1-2-6-10(8)19-15(18)11(12)13/h1-7H. The van der Waals surface area contributed by atoms with Crippen LogP contribution in [-0.2, 0) is 0 Å². The summed E-state index contributed by atoms with van der Waals surface area (Å²) in [5, 5.41) is 0.763. The molecule has 0 spiro atoms. The minimum atomic E-state index is -0.696. The Morgan fingerprint density at radius 3 is 2.60 bits per heavy atom. The van der Waals surface area contributed by atoms with Crippen molar-refractivity contribution in [3.63, 3.8) is 0 Å². The first-order valence-electron chi connectivity index (χ1n) is 5.99. The van der Waals surface area contributed by atoms with Gasteiger partial charge in [0.2, 0.25) is 11.1 Å². The Hall–Kier alpha value is -2.95. The molecule has 0 N–H and O–H groups in total. The van der Waals surface area contributed by atoms with Gasteiger partial charge in [0.25, 0.3) is 0 Å². The number of nitrogens with zero attached hydrogens (tertiary/aromatic N) is 1. The zero-order chi connectivity index (χ0) is 13.7. The van der Waals surface area contributed by atoms with Crippen molar-refractivity contribution >= 4 is 33.0 Å². The molecule has 0 aliphatic rings. The maximum atomic E-state index is 12.4. The van der Waals surface area contributed by atoms with Gasteiger partial charge < -0.3 is 8.83 Å². The molecule has 0 fully saturated rings. The molecule has 5 nitrogen and oxygen atoms in total. The van der Waals surface area contributed by atoms with Gasteiger partial charge in [-0.15, -0.1) is 0 Å². The van der Waals surface area contributed by atoms with Crippen molar-refractivity contribution in [2.24, 2.45) is 0 Å². The van der Waals surface area contributed by atoms with Crippen LogP contribution in [-0.4, -0.2) is 4.98 Å². The summed E-state index contributed by atoms with van der Waals surface area (Å²) in [5.74, 6) is 0. The number of hydrogen-bond donors (Lipinski definition) is 0. The maximum Gasteiger partial charge on any atom is 0.351 e. The Kier molecular flexibility index (Phi) is 2.06. The third-order valence-corrected chi connectivity index (χ3v) is 3.21. The highest BCUT2D eigenvalue weighted by Gasteiger charge is 2.15. The lowest BCUT2D eigenvalue weighted by molar-refractivity contribution is 0.562. The van der Waals surface area contributed by atoms with Crippen LogP contribution in [0.2, 0.25) is 0 Å². The summed E-state index contributed by atoms with van der Waals surface area (Å²) >= 11 is 0. The summed E-state index contributed by atoms with van der Waals surface area (Å²) in [4.78, 5) is 28.4. The average molecular weight is 265 g/mol. The van der Waals surface area contributed by atoms with Gasteiger partial charge in [-0.05, 0) is 24.3 Å². The molecular formula is C15H7NO4. The Labute approximate surface area is 111 Å². The van der Waals surface area contributed by atoms with E-state index < -0.39 is 11.1 Å². The monoisotopic (exact) mass is 265 g/mol. The van der Waals surface area contributed by atoms with Crippen LogP contribution in [0.3, 0.4) is 0 Å². The second-order valence-corrected chi connectivity index (χ2v) is 4.38. The van der Waals surface area contributed by atoms with Crippen LogP contribution >= 0.6 is 0 Å². The van der Waals surface area contributed by atoms with Gasteiger partial charge >= 0.3 is 5.63 Å². The van der Waals surface area contributed by atoms with Gasteiger partial charge in [0.05, 0.1) is 10.8 Å². The molecule has 0 saturated carbocycles. The van der Waals surface area contributed by atoms with E-state index in [1.54, 1.807) is 36.4 Å². The Bertz CT molecular complexity index is 1090. The highest BCUT2D eigenvalue weighted by Crippen LogP contribution is 2.23. The van der Waals surface area contributed by atoms with Gasteiger partial charge in [-0.3, -0.25) is 4.79 Å². The maximum absolute atomic E-state index is 12.4. The summed E-state index contributed by atoms with van der Waals surface area (Å²) in [7, 11) is 0. The Morgan fingerprint density at radius 2 is 1.70 bits per heavy atom. The van der Waals surface area contributed by atoms with E-state index in [-0.39, 0.29) is 22.1 Å². The predicted octanol–water partition coefficient (Wildman–Crippen LogP) is 2.45. The largest absolute Gasteiger partial charge is 0.436 e. The van der Waals surface area contributed by atoms with Crippen molar-refractivity contribution in [2.45, 2.75) is 0 Å². The van der Waals surface area contributed by atoms with Crippen LogP contribution in [0.4, 0.5) is 0 Å². The van der Waals surface area contributed by atoms with E-state index in [1.807, 2.05) is 0 Å². The van der Waals surface area contributed by atoms with E-state index in [0.717, 1.165) is 0 Å². The average Bonchev–Trinajstić information content (AvgIpc) is 2.47. The first-order chi connectivity index (χ1) is 9.75. The Morgan fingerprint density at radius 1 is 0.900 bits per heavy atom. The fraction of sp³-hybridized carbons (Fsp3) is 0. The van der Waals surface area contributed by atoms with Crippen LogP contribution in [0.5, 0.6) is 0 Å². The first kappa shape index (κ1) is 10.9. The first-order valence-corrected chi connectivity index (χ1v) is 5.99. The van der Waals surface area contributed by atoms with Gasteiger partial charge in [0, 0.05) is 6.20 Å². The molecule has 3 heterocycles. The van der Waals surface area contributed by atoms with Gasteiger partial charge in [-0.1, -0.05) is 12.1 Å². The fourth-order valence-electron chi connectivity index (χ4n) is 2.30. The lowest BCUT2D eigenvalue weighted by atomic mass is 10.1. The summed E-state index contributed by atoms with van der Waals surface area (Å²) in [6, 6.07) is 10.1. The zero-order valence-corrected chi connectivity index (χ0v) is 10.1. The number of benzene rings is 1. The molecule has 96 valence electrons. The molecule has 0 radical (unpaired) electrons. The van der Waals surface area contributed by atoms with E-state index in [2.05, 4.69) is 4.98 Å². The van der Waals surface area contributed by atoms with E-state index in [0.29, 0.717) is 11.0 Å². The van der Waals surface area contributed by atoms with Crippen LogP contribution < -0.4 is 11.1 Å². The highest BCUT2D eigenvalue weighted by atomic mass is 16.4. The Balaban J connectivity index is 2.43. The van der Waals surface area contributed by atoms with Crippen LogP contribution in [0.1, 0.15) is 0 Å². The molecule has 0 saturated heterocycles. The molecule has 0 bridgehead atoms. The topological polar surface area (TPSA) is 73.3 Å². The quantitative estimate of drug-likeness (QED) is 0.277. The summed E-state index contributed by atoms with van der Waals surface area (Å²) in [6.45, 7) is 0. The fourth-order valence-corrected chi connectivity index (χ4v) is 2.30. The lowest BCUT2D eigenvalue weighted by Gasteiger charge is -2.02. The zero-order valence-electron chi connectivity index (χ0n) is 10.1. The van der Waals surface area contributed by atoms with E-state index in [1.165, 1.54) is 6.20 Å². The molecule has 0 aliphatic carbocycles. The molecule has 4 rings (SSSR count). The number of hydrogen-bond acceptors (Lipinski definition) is 5. The number of pyridine rings is 1. The van der Waals surface area contributed by atoms with Crippen LogP contribution in [0.15, 0.2) is 61.0 Å². The second-order valence-electron chi connectivity index (χ2n) is 4.38. The number of rotatable bonds is 0. The summed E-state index contributed by atoms with van der Waals surface area (Å²) in [5.41, 5.74) is -0.315. The van der Waals surface area contributed by atoms with Crippen molar-refractivity contribution in [1.82, 2.24) is 4.98 Å². The lowest BCUT2D eigenvalue weighted by Crippen LogP contribution is -2.13. The van der Waals surface area contributed by atoms with Gasteiger partial charge in [-0.25, -0.2) is 9.78 Å². The molecule has 5 heteroatoms. The van der Waals surface area contributed by atoms with Gasteiger partial charge in [-0.2, -0.15) is 0 Å². The summed E-state index contributed by atoms with van der Waals surface area (Å²) in [6.07, 6.45) is 1.53. The van der Waals surface area contributed by atoms with Crippen molar-refractivity contribution in [3.05, 3.63) is 63.2 Å². The molecule has 3 aromatic heterocycles. The number of para-hydroxylation sites is 1. The third-order valence-electron chi connectivity index (χ3n) is 3.21. The predicted molar refractivity (Wildman–Crippen MR) is 73.8 cm³/mol. The van der Waals surface area contributed by atoms with Crippen molar-refractivity contribution in [3.8, 4) is 0 Å². The minimum Gasteiger partial charge on any atom is -0.436 e.